The predicted octanol–water partition coefficient (Wildman–Crippen LogP) is 1.73. The quantitative estimate of drug-likeness (QED) is 0.691. The van der Waals surface area contributed by atoms with Crippen LogP contribution in [0.2, 0.25) is 0 Å². The number of nitrogens with zero attached hydrogens (tertiary/aromatic N) is 2. The highest BCUT2D eigenvalue weighted by molar-refractivity contribution is 5.96. The number of benzene rings is 1. The number of carbonyl (C=O) groups excluding carboxylic acids is 3. The van der Waals surface area contributed by atoms with Crippen LogP contribution in [0.15, 0.2) is 24.3 Å². The van der Waals surface area contributed by atoms with Gasteiger partial charge in [0.1, 0.15) is 0 Å². The SMILES string of the molecule is COC(=O)[C@@H]1[C@@H]2CC(O)[C@@]3(CCN(C)C(C)=O)c4ccccc4N(C(C)=O)[C@H]3[C@@H]2CO[C@@H]1C. The number of hydrogen-bond donors (Lipinski definition) is 1. The van der Waals surface area contributed by atoms with Crippen LogP contribution in [0, 0.1) is 17.8 Å². The minimum Gasteiger partial charge on any atom is -0.469 e. The van der Waals surface area contributed by atoms with Crippen LogP contribution >= 0.6 is 0 Å². The third-order valence-corrected chi connectivity index (χ3v) is 8.25. The fourth-order valence-electron chi connectivity index (χ4n) is 6.61. The third-order valence-electron chi connectivity index (χ3n) is 8.25. The first-order valence-corrected chi connectivity index (χ1v) is 11.6. The molecule has 8 nitrogen and oxygen atoms in total. The fraction of sp³-hybridized carbons (Fsp3) is 0.640. The maximum Gasteiger partial charge on any atom is 0.311 e. The first-order chi connectivity index (χ1) is 15.6. The van der Waals surface area contributed by atoms with E-state index >= 15 is 0 Å². The molecule has 2 amide bonds. The summed E-state index contributed by atoms with van der Waals surface area (Å²) in [5.41, 5.74) is 0.937. The normalized spacial score (nSPS) is 34.7. The molecule has 1 aromatic carbocycles. The molecule has 33 heavy (non-hydrogen) atoms. The lowest BCUT2D eigenvalue weighted by Gasteiger charge is -2.56. The lowest BCUT2D eigenvalue weighted by Crippen LogP contribution is -2.66. The molecule has 0 radical (unpaired) electrons. The maximum absolute atomic E-state index is 13.0. The number of rotatable bonds is 4. The molecule has 180 valence electrons. The Morgan fingerprint density at radius 2 is 1.94 bits per heavy atom. The van der Waals surface area contributed by atoms with Gasteiger partial charge < -0.3 is 24.4 Å². The van der Waals surface area contributed by atoms with Crippen molar-refractivity contribution in [3.63, 3.8) is 0 Å². The summed E-state index contributed by atoms with van der Waals surface area (Å²) in [6.07, 6.45) is -0.237. The number of para-hydroxylation sites is 1. The fourth-order valence-corrected chi connectivity index (χ4v) is 6.61. The van der Waals surface area contributed by atoms with Gasteiger partial charge in [-0.1, -0.05) is 18.2 Å². The molecule has 1 aromatic rings. The van der Waals surface area contributed by atoms with Gasteiger partial charge in [-0.3, -0.25) is 14.4 Å². The van der Waals surface area contributed by atoms with Crippen LogP contribution in [0.5, 0.6) is 0 Å². The van der Waals surface area contributed by atoms with E-state index in [1.165, 1.54) is 21.0 Å². The highest BCUT2D eigenvalue weighted by Gasteiger charge is 2.65. The number of aliphatic hydroxyl groups excluding tert-OH is 1. The topological polar surface area (TPSA) is 96.4 Å². The minimum absolute atomic E-state index is 0.0542. The number of anilines is 1. The van der Waals surface area contributed by atoms with Crippen LogP contribution in [0.1, 0.15) is 39.2 Å². The van der Waals surface area contributed by atoms with Crippen LogP contribution in [-0.2, 0) is 29.3 Å². The average molecular weight is 459 g/mol. The molecule has 0 bridgehead atoms. The van der Waals surface area contributed by atoms with Crippen LogP contribution in [0.4, 0.5) is 5.69 Å². The van der Waals surface area contributed by atoms with E-state index in [1.54, 1.807) is 16.8 Å². The third kappa shape index (κ3) is 3.54. The molecule has 0 aromatic heterocycles. The molecule has 4 rings (SSSR count). The van der Waals surface area contributed by atoms with E-state index in [0.717, 1.165) is 11.3 Å². The Labute approximate surface area is 194 Å². The number of hydrogen-bond acceptors (Lipinski definition) is 6. The van der Waals surface area contributed by atoms with E-state index in [2.05, 4.69) is 0 Å². The van der Waals surface area contributed by atoms with Gasteiger partial charge in [0.05, 0.1) is 37.9 Å². The lowest BCUT2D eigenvalue weighted by molar-refractivity contribution is -0.177. The highest BCUT2D eigenvalue weighted by atomic mass is 16.5. The largest absolute Gasteiger partial charge is 0.469 e. The van der Waals surface area contributed by atoms with E-state index in [-0.39, 0.29) is 41.8 Å². The Morgan fingerprint density at radius 1 is 1.24 bits per heavy atom. The van der Waals surface area contributed by atoms with Crippen LogP contribution in [0.3, 0.4) is 0 Å². The van der Waals surface area contributed by atoms with Gasteiger partial charge in [0.15, 0.2) is 0 Å². The number of ether oxygens (including phenoxy) is 2. The van der Waals surface area contributed by atoms with Gasteiger partial charge in [-0.15, -0.1) is 0 Å². The highest BCUT2D eigenvalue weighted by Crippen LogP contribution is 2.59. The molecule has 2 aliphatic heterocycles. The van der Waals surface area contributed by atoms with E-state index in [4.69, 9.17) is 9.47 Å². The number of amides is 2. The number of methoxy groups -OCH3 is 1. The first kappa shape index (κ1) is 23.7. The van der Waals surface area contributed by atoms with Gasteiger partial charge in [-0.05, 0) is 37.3 Å². The van der Waals surface area contributed by atoms with Gasteiger partial charge in [-0.25, -0.2) is 0 Å². The summed E-state index contributed by atoms with van der Waals surface area (Å²) in [5.74, 6) is -1.38. The zero-order valence-electron chi connectivity index (χ0n) is 20.0. The summed E-state index contributed by atoms with van der Waals surface area (Å²) in [5, 5.41) is 11.8. The predicted molar refractivity (Wildman–Crippen MR) is 122 cm³/mol. The summed E-state index contributed by atoms with van der Waals surface area (Å²) in [6.45, 7) is 5.75. The molecule has 8 heteroatoms. The number of fused-ring (bicyclic) bond motifs is 5. The van der Waals surface area contributed by atoms with Crippen molar-refractivity contribution < 1.29 is 29.0 Å². The average Bonchev–Trinajstić information content (AvgIpc) is 3.09. The number of carbonyl (C=O) groups is 3. The van der Waals surface area contributed by atoms with Crippen LogP contribution in [-0.4, -0.2) is 73.3 Å². The van der Waals surface area contributed by atoms with Crippen molar-refractivity contribution in [2.24, 2.45) is 17.8 Å². The molecule has 2 heterocycles. The van der Waals surface area contributed by atoms with Crippen molar-refractivity contribution in [3.8, 4) is 0 Å². The first-order valence-electron chi connectivity index (χ1n) is 11.6. The zero-order valence-corrected chi connectivity index (χ0v) is 20.0. The minimum atomic E-state index is -0.799. The smallest absolute Gasteiger partial charge is 0.311 e. The second-order valence-corrected chi connectivity index (χ2v) is 9.75. The van der Waals surface area contributed by atoms with Crippen molar-refractivity contribution in [2.75, 3.05) is 32.2 Å². The van der Waals surface area contributed by atoms with Gasteiger partial charge >= 0.3 is 5.97 Å². The zero-order chi connectivity index (χ0) is 24.1. The molecule has 1 saturated carbocycles. The Balaban J connectivity index is 1.85. The standard InChI is InChI=1S/C25H34N2O6/c1-14-22(24(31)32-5)17-12-21(30)25(10-11-26(4)15(2)28)19-8-6-7-9-20(19)27(16(3)29)23(25)18(17)13-33-14/h6-9,14,17-18,21-23,30H,10-13H2,1-5H3/t14-,17-,18-,21?,22+,23+,25-/m1/s1. The summed E-state index contributed by atoms with van der Waals surface area (Å²) >= 11 is 0. The monoisotopic (exact) mass is 458 g/mol. The molecule has 3 aliphatic rings. The van der Waals surface area contributed by atoms with E-state index in [9.17, 15) is 19.5 Å². The molecule has 1 N–H and O–H groups in total. The Kier molecular flexibility index (Phi) is 6.26. The van der Waals surface area contributed by atoms with E-state index in [1.807, 2.05) is 31.2 Å². The second kappa shape index (κ2) is 8.72. The van der Waals surface area contributed by atoms with Gasteiger partial charge in [0, 0.05) is 44.5 Å². The van der Waals surface area contributed by atoms with Crippen molar-refractivity contribution in [2.45, 2.75) is 57.3 Å². The van der Waals surface area contributed by atoms with Gasteiger partial charge in [0.25, 0.3) is 0 Å². The van der Waals surface area contributed by atoms with Crippen molar-refractivity contribution in [1.29, 1.82) is 0 Å². The maximum atomic E-state index is 13.0. The lowest BCUT2D eigenvalue weighted by atomic mass is 9.54. The van der Waals surface area contributed by atoms with Crippen LogP contribution in [0.25, 0.3) is 0 Å². The molecule has 7 atom stereocenters. The summed E-state index contributed by atoms with van der Waals surface area (Å²) in [4.78, 5) is 41.1. The molecular weight excluding hydrogens is 424 g/mol. The molecule has 1 aliphatic carbocycles. The second-order valence-electron chi connectivity index (χ2n) is 9.75. The Morgan fingerprint density at radius 3 is 2.58 bits per heavy atom. The van der Waals surface area contributed by atoms with Crippen molar-refractivity contribution in [1.82, 2.24) is 4.90 Å². The molecule has 1 saturated heterocycles. The van der Waals surface area contributed by atoms with Gasteiger partial charge in [-0.2, -0.15) is 0 Å². The van der Waals surface area contributed by atoms with Crippen molar-refractivity contribution in [3.05, 3.63) is 29.8 Å². The molecular formula is C25H34N2O6. The van der Waals surface area contributed by atoms with E-state index in [0.29, 0.717) is 26.0 Å². The molecule has 1 unspecified atom stereocenters. The number of aliphatic hydroxyl groups is 1. The van der Waals surface area contributed by atoms with Gasteiger partial charge in [0.2, 0.25) is 11.8 Å². The van der Waals surface area contributed by atoms with E-state index < -0.39 is 17.4 Å². The molecule has 2 fully saturated rings. The Hall–Kier alpha value is -2.45. The van der Waals surface area contributed by atoms with Crippen LogP contribution < -0.4 is 4.90 Å². The van der Waals surface area contributed by atoms with Crippen molar-refractivity contribution >= 4 is 23.5 Å². The Bertz CT molecular complexity index is 951. The summed E-state index contributed by atoms with van der Waals surface area (Å²) in [6, 6.07) is 7.32. The number of esters is 1. The summed E-state index contributed by atoms with van der Waals surface area (Å²) < 4.78 is 11.2. The molecule has 0 spiro atoms. The summed E-state index contributed by atoms with van der Waals surface area (Å²) in [7, 11) is 3.11.